The van der Waals surface area contributed by atoms with Gasteiger partial charge in [-0.3, -0.25) is 4.79 Å². The molecule has 1 aliphatic heterocycles. The van der Waals surface area contributed by atoms with Crippen molar-refractivity contribution in [1.82, 2.24) is 0 Å². The molecule has 0 saturated carbocycles. The molecule has 1 amide bonds. The Morgan fingerprint density at radius 1 is 1.60 bits per heavy atom. The molecule has 2 rings (SSSR count). The third kappa shape index (κ3) is 3.02. The van der Waals surface area contributed by atoms with Crippen LogP contribution in [0.3, 0.4) is 0 Å². The van der Waals surface area contributed by atoms with Crippen molar-refractivity contribution in [3.8, 4) is 6.07 Å². The van der Waals surface area contributed by atoms with Crippen LogP contribution in [-0.2, 0) is 22.6 Å². The summed E-state index contributed by atoms with van der Waals surface area (Å²) in [7, 11) is 0. The van der Waals surface area contributed by atoms with Crippen molar-refractivity contribution in [1.29, 1.82) is 5.26 Å². The highest BCUT2D eigenvalue weighted by molar-refractivity contribution is 7.16. The van der Waals surface area contributed by atoms with Gasteiger partial charge in [0.25, 0.3) is 0 Å². The first kappa shape index (κ1) is 15.0. The summed E-state index contributed by atoms with van der Waals surface area (Å²) in [5, 5.41) is 12.9. The molecular formula is C15H20N2O2S. The lowest BCUT2D eigenvalue weighted by atomic mass is 9.95. The maximum absolute atomic E-state index is 11.7. The normalized spacial score (nSPS) is 17.6. The quantitative estimate of drug-likeness (QED) is 0.924. The van der Waals surface area contributed by atoms with E-state index in [4.69, 9.17) is 4.74 Å². The fraction of sp³-hybridized carbons (Fsp3) is 0.600. The molecule has 1 N–H and O–H groups in total. The zero-order valence-electron chi connectivity index (χ0n) is 12.2. The highest BCUT2D eigenvalue weighted by Crippen LogP contribution is 2.38. The van der Waals surface area contributed by atoms with Crippen LogP contribution in [0.1, 0.15) is 49.6 Å². The van der Waals surface area contributed by atoms with Crippen molar-refractivity contribution in [3.05, 3.63) is 16.0 Å². The minimum absolute atomic E-state index is 0.0241. The first-order chi connectivity index (χ1) is 9.56. The maximum Gasteiger partial charge on any atom is 0.224 e. The van der Waals surface area contributed by atoms with Gasteiger partial charge >= 0.3 is 0 Å². The van der Waals surface area contributed by atoms with Crippen LogP contribution in [0.2, 0.25) is 0 Å². The van der Waals surface area contributed by atoms with Crippen LogP contribution in [0.5, 0.6) is 0 Å². The third-order valence-electron chi connectivity index (χ3n) is 3.51. The zero-order chi connectivity index (χ0) is 14.7. The van der Waals surface area contributed by atoms with E-state index in [9.17, 15) is 10.1 Å². The van der Waals surface area contributed by atoms with Crippen LogP contribution in [0.15, 0.2) is 0 Å². The van der Waals surface area contributed by atoms with Crippen LogP contribution in [0, 0.1) is 17.2 Å². The predicted octanol–water partition coefficient (Wildman–Crippen LogP) is 3.46. The summed E-state index contributed by atoms with van der Waals surface area (Å²) in [5.74, 6) is 0.400. The number of hydrogen-bond acceptors (Lipinski definition) is 4. The highest BCUT2D eigenvalue weighted by Gasteiger charge is 2.28. The molecule has 1 atom stereocenters. The lowest BCUT2D eigenvalue weighted by molar-refractivity contribution is -0.116. The van der Waals surface area contributed by atoms with Gasteiger partial charge < -0.3 is 10.1 Å². The number of carbonyl (C=O) groups is 1. The van der Waals surface area contributed by atoms with Crippen LogP contribution in [0.4, 0.5) is 5.00 Å². The molecule has 108 valence electrons. The van der Waals surface area contributed by atoms with E-state index in [-0.39, 0.29) is 12.0 Å². The van der Waals surface area contributed by atoms with Gasteiger partial charge in [0.05, 0.1) is 18.3 Å². The van der Waals surface area contributed by atoms with Crippen molar-refractivity contribution in [2.45, 2.75) is 52.7 Å². The summed E-state index contributed by atoms with van der Waals surface area (Å²) in [6.07, 6.45) is 2.20. The topological polar surface area (TPSA) is 62.1 Å². The fourth-order valence-corrected chi connectivity index (χ4v) is 3.46. The molecular weight excluding hydrogens is 272 g/mol. The molecule has 0 saturated heterocycles. The van der Waals surface area contributed by atoms with Crippen LogP contribution >= 0.6 is 11.3 Å². The van der Waals surface area contributed by atoms with Gasteiger partial charge in [0.15, 0.2) is 0 Å². The molecule has 1 aliphatic rings. The van der Waals surface area contributed by atoms with E-state index in [1.165, 1.54) is 11.3 Å². The van der Waals surface area contributed by atoms with Crippen LogP contribution in [0.25, 0.3) is 0 Å². The molecule has 0 aliphatic carbocycles. The summed E-state index contributed by atoms with van der Waals surface area (Å²) < 4.78 is 5.82. The Morgan fingerprint density at radius 2 is 2.35 bits per heavy atom. The number of fused-ring (bicyclic) bond motifs is 1. The Morgan fingerprint density at radius 3 is 2.95 bits per heavy atom. The van der Waals surface area contributed by atoms with E-state index < -0.39 is 0 Å². The van der Waals surface area contributed by atoms with E-state index >= 15 is 0 Å². The number of hydrogen-bond donors (Lipinski definition) is 1. The zero-order valence-corrected chi connectivity index (χ0v) is 13.0. The Balaban J connectivity index is 2.25. The number of carbonyl (C=O) groups excluding carboxylic acids is 1. The Labute approximate surface area is 123 Å². The Hall–Kier alpha value is -1.38. The number of nitrogens with zero attached hydrogens (tertiary/aromatic N) is 1. The van der Waals surface area contributed by atoms with Gasteiger partial charge in [-0.05, 0) is 17.9 Å². The van der Waals surface area contributed by atoms with Crippen molar-refractivity contribution in [3.63, 3.8) is 0 Å². The van der Waals surface area contributed by atoms with Gasteiger partial charge in [0.1, 0.15) is 11.1 Å². The first-order valence-electron chi connectivity index (χ1n) is 7.02. The van der Waals surface area contributed by atoms with E-state index in [1.807, 2.05) is 6.92 Å². The summed E-state index contributed by atoms with van der Waals surface area (Å²) in [4.78, 5) is 12.8. The standard InChI is InChI=1S/C15H20N2O2S/c1-4-5-14(18)17-15-11(7-16)10-6-12(9(2)3)19-8-13(10)20-15/h9,12H,4-6,8H2,1-3H3,(H,17,18)/t12-/m0/s1. The predicted molar refractivity (Wildman–Crippen MR) is 79.7 cm³/mol. The molecule has 1 aromatic rings. The minimum atomic E-state index is -0.0241. The average Bonchev–Trinajstić information content (AvgIpc) is 2.74. The van der Waals surface area contributed by atoms with Crippen molar-refractivity contribution < 1.29 is 9.53 Å². The monoisotopic (exact) mass is 292 g/mol. The van der Waals surface area contributed by atoms with E-state index in [0.717, 1.165) is 23.3 Å². The molecule has 0 aromatic carbocycles. The van der Waals surface area contributed by atoms with Gasteiger partial charge in [-0.25, -0.2) is 0 Å². The van der Waals surface area contributed by atoms with Gasteiger partial charge in [0, 0.05) is 17.7 Å². The fourth-order valence-electron chi connectivity index (χ4n) is 2.34. The number of thiophene rings is 1. The molecule has 1 aromatic heterocycles. The second-order valence-corrected chi connectivity index (χ2v) is 6.52. The molecule has 20 heavy (non-hydrogen) atoms. The lowest BCUT2D eigenvalue weighted by Gasteiger charge is -2.26. The summed E-state index contributed by atoms with van der Waals surface area (Å²) in [6, 6.07) is 2.25. The van der Waals surface area contributed by atoms with Crippen molar-refractivity contribution in [2.75, 3.05) is 5.32 Å². The minimum Gasteiger partial charge on any atom is -0.372 e. The number of anilines is 1. The van der Waals surface area contributed by atoms with Gasteiger partial charge in [-0.1, -0.05) is 20.8 Å². The largest absolute Gasteiger partial charge is 0.372 e. The molecule has 0 bridgehead atoms. The van der Waals surface area contributed by atoms with Crippen molar-refractivity contribution in [2.24, 2.45) is 5.92 Å². The number of ether oxygens (including phenoxy) is 1. The SMILES string of the molecule is CCCC(=O)Nc1sc2c(c1C#N)C[C@@H](C(C)C)OC2. The maximum atomic E-state index is 11.7. The molecule has 0 unspecified atom stereocenters. The number of nitrogens with one attached hydrogen (secondary N) is 1. The van der Waals surface area contributed by atoms with Gasteiger partial charge in [0.2, 0.25) is 5.91 Å². The number of rotatable bonds is 4. The Bertz CT molecular complexity index is 543. The first-order valence-corrected chi connectivity index (χ1v) is 7.84. The molecule has 0 radical (unpaired) electrons. The lowest BCUT2D eigenvalue weighted by Crippen LogP contribution is -2.26. The molecule has 2 heterocycles. The Kier molecular flexibility index (Phi) is 4.79. The third-order valence-corrected chi connectivity index (χ3v) is 4.63. The highest BCUT2D eigenvalue weighted by atomic mass is 32.1. The van der Waals surface area contributed by atoms with E-state index in [2.05, 4.69) is 25.2 Å². The molecule has 4 nitrogen and oxygen atoms in total. The molecule has 0 spiro atoms. The second-order valence-electron chi connectivity index (χ2n) is 5.42. The number of amides is 1. The summed E-state index contributed by atoms with van der Waals surface area (Å²) in [6.45, 7) is 6.75. The molecule has 0 fully saturated rings. The van der Waals surface area contributed by atoms with E-state index in [1.54, 1.807) is 0 Å². The smallest absolute Gasteiger partial charge is 0.224 e. The second kappa shape index (κ2) is 6.38. The van der Waals surface area contributed by atoms with Gasteiger partial charge in [-0.2, -0.15) is 5.26 Å². The number of nitriles is 1. The van der Waals surface area contributed by atoms with Crippen LogP contribution < -0.4 is 5.32 Å². The van der Waals surface area contributed by atoms with Crippen LogP contribution in [-0.4, -0.2) is 12.0 Å². The average molecular weight is 292 g/mol. The summed E-state index contributed by atoms with van der Waals surface area (Å²) in [5.41, 5.74) is 1.69. The van der Waals surface area contributed by atoms with E-state index in [0.29, 0.717) is 29.5 Å². The summed E-state index contributed by atoms with van der Waals surface area (Å²) >= 11 is 1.48. The van der Waals surface area contributed by atoms with Crippen molar-refractivity contribution >= 4 is 22.2 Å². The molecule has 5 heteroatoms. The van der Waals surface area contributed by atoms with Gasteiger partial charge in [-0.15, -0.1) is 11.3 Å².